The Hall–Kier alpha value is -4.82. The highest BCUT2D eigenvalue weighted by atomic mass is 35.5. The lowest BCUT2D eigenvalue weighted by molar-refractivity contribution is 0.774. The van der Waals surface area contributed by atoms with E-state index in [1.165, 1.54) is 25.2 Å². The second-order valence-electron chi connectivity index (χ2n) is 10.3. The van der Waals surface area contributed by atoms with Gasteiger partial charge in [-0.25, -0.2) is 9.97 Å². The molecule has 0 saturated heterocycles. The van der Waals surface area contributed by atoms with Gasteiger partial charge in [0, 0.05) is 46.7 Å². The Bertz CT molecular complexity index is 2050. The van der Waals surface area contributed by atoms with Crippen LogP contribution in [-0.4, -0.2) is 24.5 Å². The van der Waals surface area contributed by atoms with Crippen molar-refractivity contribution in [3.05, 3.63) is 122 Å². The molecule has 0 aliphatic heterocycles. The molecule has 0 bridgehead atoms. The van der Waals surface area contributed by atoms with Gasteiger partial charge in [-0.05, 0) is 43.5 Å². The fraction of sp³-hybridized carbons (Fsp3) is 0.156. The molecule has 2 N–H and O–H groups in total. The van der Waals surface area contributed by atoms with Gasteiger partial charge in [0.1, 0.15) is 23.2 Å². The van der Waals surface area contributed by atoms with Gasteiger partial charge < -0.3 is 10.3 Å². The number of pyridine rings is 3. The quantitative estimate of drug-likeness (QED) is 0.244. The maximum atomic E-state index is 14.5. The number of hydrogen-bond acceptors (Lipinski definition) is 6. The number of hydrogen-bond donors (Lipinski definition) is 2. The molecule has 0 unspecified atom stereocenters. The van der Waals surface area contributed by atoms with Gasteiger partial charge in [-0.2, -0.15) is 0 Å². The predicted octanol–water partition coefficient (Wildman–Crippen LogP) is 6.39. The fourth-order valence-corrected chi connectivity index (χ4v) is 5.86. The average molecular weight is 561 g/mol. The van der Waals surface area contributed by atoms with Gasteiger partial charge in [0.15, 0.2) is 5.43 Å². The molecule has 0 amide bonds. The Morgan fingerprint density at radius 2 is 1.78 bits per heavy atom. The predicted molar refractivity (Wildman–Crippen MR) is 162 cm³/mol. The van der Waals surface area contributed by atoms with Crippen LogP contribution in [0.2, 0.25) is 5.02 Å². The minimum absolute atomic E-state index is 0.202. The average Bonchev–Trinajstić information content (AvgIpc) is 3.85. The van der Waals surface area contributed by atoms with Gasteiger partial charge in [-0.1, -0.05) is 54.1 Å². The van der Waals surface area contributed by atoms with Crippen LogP contribution in [0.1, 0.15) is 43.1 Å². The normalized spacial score (nSPS) is 13.9. The number of nitrogens with zero attached hydrogens (tertiary/aromatic N) is 4. The van der Waals surface area contributed by atoms with E-state index in [9.17, 15) is 9.59 Å². The monoisotopic (exact) mass is 560 g/mol. The summed E-state index contributed by atoms with van der Waals surface area (Å²) in [5.41, 5.74) is 3.94. The number of halogens is 1. The van der Waals surface area contributed by atoms with Gasteiger partial charge in [0.25, 0.3) is 5.56 Å². The van der Waals surface area contributed by atoms with Gasteiger partial charge in [0.2, 0.25) is 0 Å². The Labute approximate surface area is 239 Å². The molecule has 1 aliphatic carbocycles. The second-order valence-corrected chi connectivity index (χ2v) is 10.7. The van der Waals surface area contributed by atoms with Crippen LogP contribution in [0.3, 0.4) is 0 Å². The van der Waals surface area contributed by atoms with Crippen LogP contribution in [0, 0.1) is 0 Å². The first kappa shape index (κ1) is 25.2. The van der Waals surface area contributed by atoms with E-state index in [4.69, 9.17) is 11.6 Å². The lowest BCUT2D eigenvalue weighted by atomic mass is 9.98. The topological polar surface area (TPSA) is 106 Å². The molecule has 0 spiro atoms. The molecule has 2 aromatic carbocycles. The third-order valence-corrected chi connectivity index (χ3v) is 8.00. The summed E-state index contributed by atoms with van der Waals surface area (Å²) in [6.45, 7) is 1.89. The largest absolute Gasteiger partial charge is 0.361 e. The molecule has 1 aliphatic rings. The molecule has 9 heteroatoms. The van der Waals surface area contributed by atoms with Crippen molar-refractivity contribution in [2.75, 3.05) is 5.32 Å². The van der Waals surface area contributed by atoms with Crippen LogP contribution in [-0.2, 0) is 0 Å². The Morgan fingerprint density at radius 3 is 2.54 bits per heavy atom. The number of para-hydroxylation sites is 1. The molecule has 4 heterocycles. The lowest BCUT2D eigenvalue weighted by Gasteiger charge is -2.24. The summed E-state index contributed by atoms with van der Waals surface area (Å²) in [5.74, 6) is 0.892. The molecule has 7 rings (SSSR count). The third-order valence-electron chi connectivity index (χ3n) is 7.60. The molecule has 202 valence electrons. The molecular formula is C32H25ClN6O2. The molecule has 1 atom stereocenters. The molecule has 8 nitrogen and oxygen atoms in total. The number of nitrogens with one attached hydrogen (secondary N) is 2. The van der Waals surface area contributed by atoms with E-state index in [1.54, 1.807) is 10.8 Å². The van der Waals surface area contributed by atoms with Crippen molar-refractivity contribution in [3.8, 4) is 16.8 Å². The van der Waals surface area contributed by atoms with Crippen molar-refractivity contribution >= 4 is 39.2 Å². The van der Waals surface area contributed by atoms with Gasteiger partial charge >= 0.3 is 0 Å². The first-order chi connectivity index (χ1) is 20.0. The number of aromatic amines is 1. The van der Waals surface area contributed by atoms with Crippen molar-refractivity contribution in [2.45, 2.75) is 31.7 Å². The molecule has 0 radical (unpaired) electrons. The summed E-state index contributed by atoms with van der Waals surface area (Å²) in [6, 6.07) is 20.1. The third kappa shape index (κ3) is 4.37. The summed E-state index contributed by atoms with van der Waals surface area (Å²) < 4.78 is 1.64. The summed E-state index contributed by atoms with van der Waals surface area (Å²) in [5, 5.41) is 5.25. The minimum atomic E-state index is -0.513. The number of benzene rings is 2. The van der Waals surface area contributed by atoms with E-state index in [-0.39, 0.29) is 11.0 Å². The molecule has 1 saturated carbocycles. The van der Waals surface area contributed by atoms with Crippen molar-refractivity contribution in [3.63, 3.8) is 0 Å². The molecule has 41 heavy (non-hydrogen) atoms. The second kappa shape index (κ2) is 9.98. The minimum Gasteiger partial charge on any atom is -0.361 e. The number of H-pyrrole nitrogens is 1. The zero-order chi connectivity index (χ0) is 28.1. The van der Waals surface area contributed by atoms with Crippen LogP contribution >= 0.6 is 11.6 Å². The Kier molecular flexibility index (Phi) is 6.12. The zero-order valence-electron chi connectivity index (χ0n) is 22.1. The number of fused-ring (bicyclic) bond motifs is 2. The summed E-state index contributed by atoms with van der Waals surface area (Å²) in [7, 11) is 0. The van der Waals surface area contributed by atoms with E-state index in [0.29, 0.717) is 49.9 Å². The van der Waals surface area contributed by atoms with Gasteiger partial charge in [-0.15, -0.1) is 0 Å². The van der Waals surface area contributed by atoms with Gasteiger partial charge in [0.05, 0.1) is 22.1 Å². The van der Waals surface area contributed by atoms with Crippen LogP contribution in [0.25, 0.3) is 38.6 Å². The van der Waals surface area contributed by atoms with Crippen LogP contribution in [0.15, 0.2) is 95.0 Å². The van der Waals surface area contributed by atoms with E-state index >= 15 is 0 Å². The maximum Gasteiger partial charge on any atom is 0.263 e. The highest BCUT2D eigenvalue weighted by Crippen LogP contribution is 2.40. The summed E-state index contributed by atoms with van der Waals surface area (Å²) in [6.07, 6.45) is 7.12. The SMILES string of the molecule is C[C@H](Nc1ncnc2[nH]ccc(=O)c12)c1c(Cl)c2cccc(-c3ccc(C4CC4)nc3)c2c(=O)n1-c1ccccc1. The maximum absolute atomic E-state index is 14.5. The number of anilines is 1. The fourth-order valence-electron chi connectivity index (χ4n) is 5.46. The molecule has 1 fully saturated rings. The van der Waals surface area contributed by atoms with Crippen molar-refractivity contribution in [1.82, 2.24) is 24.5 Å². The van der Waals surface area contributed by atoms with E-state index in [0.717, 1.165) is 16.8 Å². The Morgan fingerprint density at radius 1 is 0.951 bits per heavy atom. The molecule has 6 aromatic rings. The van der Waals surface area contributed by atoms with Gasteiger partial charge in [-0.3, -0.25) is 19.1 Å². The van der Waals surface area contributed by atoms with E-state index in [2.05, 4.69) is 31.3 Å². The number of rotatable bonds is 6. The Balaban J connectivity index is 1.44. The van der Waals surface area contributed by atoms with E-state index in [1.807, 2.05) is 67.7 Å². The van der Waals surface area contributed by atoms with E-state index < -0.39 is 6.04 Å². The molecule has 4 aromatic heterocycles. The van der Waals surface area contributed by atoms with Crippen LogP contribution in [0.4, 0.5) is 5.82 Å². The van der Waals surface area contributed by atoms with Crippen LogP contribution in [0.5, 0.6) is 0 Å². The van der Waals surface area contributed by atoms with Crippen LogP contribution < -0.4 is 16.3 Å². The highest BCUT2D eigenvalue weighted by molar-refractivity contribution is 6.36. The highest BCUT2D eigenvalue weighted by Gasteiger charge is 2.26. The smallest absolute Gasteiger partial charge is 0.263 e. The first-order valence-electron chi connectivity index (χ1n) is 13.5. The number of aromatic nitrogens is 5. The zero-order valence-corrected chi connectivity index (χ0v) is 22.9. The molecular weight excluding hydrogens is 536 g/mol. The van der Waals surface area contributed by atoms with Crippen molar-refractivity contribution in [2.24, 2.45) is 0 Å². The first-order valence-corrected chi connectivity index (χ1v) is 13.9. The lowest BCUT2D eigenvalue weighted by Crippen LogP contribution is -2.27. The summed E-state index contributed by atoms with van der Waals surface area (Å²) >= 11 is 7.20. The van der Waals surface area contributed by atoms with Crippen molar-refractivity contribution < 1.29 is 0 Å². The summed E-state index contributed by atoms with van der Waals surface area (Å²) in [4.78, 5) is 43.4. The standard InChI is InChI=1S/C32H25ClN6O2/c1-18(38-31-27-25(40)14-15-34-30(27)36-17-37-31)29-28(33)23-9-5-8-22(20-12-13-24(35-16-20)19-10-11-19)26(23)32(41)39(29)21-6-3-2-4-7-21/h2-9,12-19H,10-11H2,1H3,(H2,34,36,37,38,40)/t18-/m0/s1. The van der Waals surface area contributed by atoms with Crippen molar-refractivity contribution in [1.29, 1.82) is 0 Å².